The monoisotopic (exact) mass is 605 g/mol. The standard InChI is InChI=1S/C37H50O5S/c38-37(42-34-22-23-35(43(39,40)41)31-21-13-2-1-12-20-30(31)34)36-32(27-16-8-4-9-17-27)24-29(26-14-6-3-7-15-26)25-33(36)28-18-10-5-11-19-28/h22-28H,1-21H2,(H,39,40,41)/p-1. The molecule has 6 heteroatoms. The summed E-state index contributed by atoms with van der Waals surface area (Å²) in [7, 11) is -4.62. The molecular formula is C37H49O5S-. The van der Waals surface area contributed by atoms with E-state index in [1.807, 2.05) is 0 Å². The van der Waals surface area contributed by atoms with Gasteiger partial charge in [-0.1, -0.05) is 82.8 Å². The largest absolute Gasteiger partial charge is 0.744 e. The first-order valence-electron chi connectivity index (χ1n) is 17.4. The molecule has 3 saturated carbocycles. The van der Waals surface area contributed by atoms with E-state index in [4.69, 9.17) is 4.74 Å². The highest BCUT2D eigenvalue weighted by atomic mass is 32.2. The van der Waals surface area contributed by atoms with Gasteiger partial charge in [-0.3, -0.25) is 0 Å². The number of carbonyl (C=O) groups is 1. The number of ether oxygens (including phenoxy) is 1. The summed E-state index contributed by atoms with van der Waals surface area (Å²) < 4.78 is 43.0. The molecule has 0 heterocycles. The van der Waals surface area contributed by atoms with Crippen LogP contribution in [-0.2, 0) is 23.0 Å². The summed E-state index contributed by atoms with van der Waals surface area (Å²) in [4.78, 5) is 14.4. The molecule has 0 aliphatic heterocycles. The molecule has 234 valence electrons. The lowest BCUT2D eigenvalue weighted by Crippen LogP contribution is -2.22. The SMILES string of the molecule is O=C(Oc1ccc(S(=O)(=O)[O-])c2c1CCCCCC2)c1c(C2CCCCC2)cc(C2CCCCC2)cc1C1CCCCC1. The highest BCUT2D eigenvalue weighted by Crippen LogP contribution is 2.45. The van der Waals surface area contributed by atoms with Crippen molar-refractivity contribution in [2.75, 3.05) is 0 Å². The molecule has 2 aromatic rings. The molecule has 0 bridgehead atoms. The lowest BCUT2D eigenvalue weighted by Gasteiger charge is -2.32. The predicted molar refractivity (Wildman–Crippen MR) is 169 cm³/mol. The van der Waals surface area contributed by atoms with Crippen molar-refractivity contribution >= 4 is 16.1 Å². The van der Waals surface area contributed by atoms with Crippen LogP contribution < -0.4 is 4.74 Å². The summed E-state index contributed by atoms with van der Waals surface area (Å²) in [6.45, 7) is 0. The maximum atomic E-state index is 14.5. The van der Waals surface area contributed by atoms with Crippen LogP contribution in [0.3, 0.4) is 0 Å². The van der Waals surface area contributed by atoms with Crippen LogP contribution in [0.15, 0.2) is 29.2 Å². The van der Waals surface area contributed by atoms with Crippen LogP contribution in [0, 0.1) is 0 Å². The highest BCUT2D eigenvalue weighted by Gasteiger charge is 2.32. The molecule has 0 N–H and O–H groups in total. The fourth-order valence-electron chi connectivity index (χ4n) is 8.73. The summed E-state index contributed by atoms with van der Waals surface area (Å²) in [6.07, 6.45) is 23.0. The van der Waals surface area contributed by atoms with Crippen molar-refractivity contribution in [1.29, 1.82) is 0 Å². The summed E-state index contributed by atoms with van der Waals surface area (Å²) in [5.41, 5.74) is 5.94. The Bertz CT molecular complexity index is 1350. The second-order valence-corrected chi connectivity index (χ2v) is 15.2. The van der Waals surface area contributed by atoms with Crippen LogP contribution in [0.1, 0.15) is 178 Å². The van der Waals surface area contributed by atoms with Crippen LogP contribution in [0.2, 0.25) is 0 Å². The third-order valence-corrected chi connectivity index (χ3v) is 11.9. The lowest BCUT2D eigenvalue weighted by molar-refractivity contribution is 0.0728. The smallest absolute Gasteiger partial charge is 0.344 e. The maximum absolute atomic E-state index is 14.5. The van der Waals surface area contributed by atoms with Crippen LogP contribution in [0.4, 0.5) is 0 Å². The molecule has 0 radical (unpaired) electrons. The van der Waals surface area contributed by atoms with Crippen molar-refractivity contribution in [2.24, 2.45) is 0 Å². The number of carbonyl (C=O) groups excluding carboxylic acids is 1. The summed E-state index contributed by atoms with van der Waals surface area (Å²) in [6, 6.07) is 7.74. The van der Waals surface area contributed by atoms with Crippen molar-refractivity contribution in [2.45, 2.75) is 157 Å². The van der Waals surface area contributed by atoms with E-state index < -0.39 is 10.1 Å². The van der Waals surface area contributed by atoms with E-state index in [2.05, 4.69) is 12.1 Å². The van der Waals surface area contributed by atoms with Gasteiger partial charge in [-0.15, -0.1) is 0 Å². The molecule has 4 aliphatic carbocycles. The van der Waals surface area contributed by atoms with Gasteiger partial charge in [-0.05, 0) is 122 Å². The zero-order chi connectivity index (χ0) is 29.8. The Morgan fingerprint density at radius 2 is 1.09 bits per heavy atom. The van der Waals surface area contributed by atoms with Crippen molar-refractivity contribution in [1.82, 2.24) is 0 Å². The Hall–Kier alpha value is -2.18. The van der Waals surface area contributed by atoms with Gasteiger partial charge in [-0.2, -0.15) is 0 Å². The minimum Gasteiger partial charge on any atom is -0.744 e. The number of esters is 1. The van der Waals surface area contributed by atoms with Gasteiger partial charge < -0.3 is 9.29 Å². The molecule has 6 rings (SSSR count). The second-order valence-electron chi connectivity index (χ2n) is 13.9. The predicted octanol–water partition coefficient (Wildman–Crippen LogP) is 9.61. The van der Waals surface area contributed by atoms with Gasteiger partial charge in [0.05, 0.1) is 10.5 Å². The molecule has 4 aliphatic rings. The molecule has 43 heavy (non-hydrogen) atoms. The molecule has 0 aromatic heterocycles. The average Bonchev–Trinajstić information content (AvgIpc) is 3.01. The van der Waals surface area contributed by atoms with Crippen LogP contribution in [0.25, 0.3) is 0 Å². The molecule has 2 aromatic carbocycles. The van der Waals surface area contributed by atoms with Crippen molar-refractivity contribution < 1.29 is 22.5 Å². The van der Waals surface area contributed by atoms with E-state index in [0.717, 1.165) is 62.5 Å². The molecule has 0 spiro atoms. The molecule has 0 saturated heterocycles. The van der Waals surface area contributed by atoms with Gasteiger partial charge in [0.25, 0.3) is 0 Å². The van der Waals surface area contributed by atoms with E-state index in [1.165, 1.54) is 93.4 Å². The normalized spacial score (nSPS) is 21.5. The molecule has 0 unspecified atom stereocenters. The minimum atomic E-state index is -4.62. The van der Waals surface area contributed by atoms with E-state index in [1.54, 1.807) is 6.07 Å². The second kappa shape index (κ2) is 13.9. The average molecular weight is 606 g/mol. The number of benzene rings is 2. The Balaban J connectivity index is 1.45. The van der Waals surface area contributed by atoms with Gasteiger partial charge >= 0.3 is 5.97 Å². The summed E-state index contributed by atoms with van der Waals surface area (Å²) in [5.74, 6) is 1.46. The zero-order valence-electron chi connectivity index (χ0n) is 25.8. The first-order valence-corrected chi connectivity index (χ1v) is 18.8. The van der Waals surface area contributed by atoms with E-state index >= 15 is 0 Å². The Labute approximate surface area is 258 Å². The highest BCUT2D eigenvalue weighted by molar-refractivity contribution is 7.85. The number of fused-ring (bicyclic) bond motifs is 1. The fraction of sp³-hybridized carbons (Fsp3) is 0.649. The quantitative estimate of drug-likeness (QED) is 0.186. The topological polar surface area (TPSA) is 83.5 Å². The van der Waals surface area contributed by atoms with Crippen molar-refractivity contribution in [3.05, 3.63) is 57.6 Å². The van der Waals surface area contributed by atoms with Gasteiger partial charge in [-0.25, -0.2) is 13.2 Å². The van der Waals surface area contributed by atoms with E-state index in [9.17, 15) is 17.8 Å². The fourth-order valence-corrected chi connectivity index (χ4v) is 9.49. The minimum absolute atomic E-state index is 0.146. The van der Waals surface area contributed by atoms with Crippen LogP contribution in [0.5, 0.6) is 5.75 Å². The van der Waals surface area contributed by atoms with Gasteiger partial charge in [0, 0.05) is 0 Å². The van der Waals surface area contributed by atoms with Crippen LogP contribution >= 0.6 is 0 Å². The van der Waals surface area contributed by atoms with Crippen LogP contribution in [-0.4, -0.2) is 18.9 Å². The molecule has 0 atom stereocenters. The third kappa shape index (κ3) is 7.06. The molecule has 5 nitrogen and oxygen atoms in total. The Kier molecular flexibility index (Phi) is 9.93. The molecule has 3 fully saturated rings. The van der Waals surface area contributed by atoms with Gasteiger partial charge in [0.1, 0.15) is 15.9 Å². The summed E-state index contributed by atoms with van der Waals surface area (Å²) in [5, 5.41) is 0. The van der Waals surface area contributed by atoms with E-state index in [0.29, 0.717) is 41.9 Å². The number of hydrogen-bond acceptors (Lipinski definition) is 5. The lowest BCUT2D eigenvalue weighted by atomic mass is 9.73. The third-order valence-electron chi connectivity index (χ3n) is 11.0. The van der Waals surface area contributed by atoms with Crippen molar-refractivity contribution in [3.8, 4) is 5.75 Å². The van der Waals surface area contributed by atoms with Crippen molar-refractivity contribution in [3.63, 3.8) is 0 Å². The Morgan fingerprint density at radius 1 is 0.628 bits per heavy atom. The first kappa shape index (κ1) is 30.8. The molecule has 0 amide bonds. The maximum Gasteiger partial charge on any atom is 0.344 e. The Morgan fingerprint density at radius 3 is 1.60 bits per heavy atom. The first-order chi connectivity index (χ1) is 20.9. The molecular weight excluding hydrogens is 556 g/mol. The van der Waals surface area contributed by atoms with Gasteiger partial charge in [0.15, 0.2) is 0 Å². The summed E-state index contributed by atoms with van der Waals surface area (Å²) >= 11 is 0. The van der Waals surface area contributed by atoms with Gasteiger partial charge in [0.2, 0.25) is 0 Å². The van der Waals surface area contributed by atoms with E-state index in [-0.39, 0.29) is 10.9 Å². The zero-order valence-corrected chi connectivity index (χ0v) is 26.7. The number of rotatable bonds is 6. The number of hydrogen-bond donors (Lipinski definition) is 0.